The number of carbonyl (C=O) groups is 4. The first-order valence-electron chi connectivity index (χ1n) is 16.0. The first kappa shape index (κ1) is 32.2. The van der Waals surface area contributed by atoms with E-state index in [1.807, 2.05) is 37.5 Å². The Morgan fingerprint density at radius 3 is 2.39 bits per heavy atom. The van der Waals surface area contributed by atoms with Crippen LogP contribution < -0.4 is 20.3 Å². The number of fused-ring (bicyclic) bond motifs is 2. The second-order valence-corrected chi connectivity index (χ2v) is 12.8. The molecule has 13 heteroatoms. The van der Waals surface area contributed by atoms with Crippen molar-refractivity contribution < 1.29 is 28.7 Å². The van der Waals surface area contributed by atoms with Crippen molar-refractivity contribution in [3.8, 4) is 22.6 Å². The zero-order chi connectivity index (χ0) is 34.6. The number of ether oxygens (including phenoxy) is 2. The number of likely N-dealkylation sites (tertiary alicyclic amines) is 1. The fraction of sp³-hybridized carbons (Fsp3) is 0.333. The third kappa shape index (κ3) is 5.54. The van der Waals surface area contributed by atoms with Crippen LogP contribution in [-0.2, 0) is 29.7 Å². The number of aromatic nitrogens is 2. The molecule has 0 radical (unpaired) electrons. The minimum atomic E-state index is -1.00. The highest BCUT2D eigenvalue weighted by atomic mass is 16.5. The Hall–Kier alpha value is -5.40. The number of likely N-dealkylation sites (N-methyl/N-ethyl adjacent to an activating group) is 1. The van der Waals surface area contributed by atoms with Gasteiger partial charge in [0.1, 0.15) is 17.5 Å². The maximum atomic E-state index is 13.5. The Labute approximate surface area is 282 Å². The largest absolute Gasteiger partial charge is 0.496 e. The van der Waals surface area contributed by atoms with Gasteiger partial charge in [-0.1, -0.05) is 12.1 Å². The van der Waals surface area contributed by atoms with Crippen molar-refractivity contribution >= 4 is 34.4 Å². The first-order chi connectivity index (χ1) is 23.6. The number of methoxy groups -OCH3 is 2. The molecule has 49 heavy (non-hydrogen) atoms. The summed E-state index contributed by atoms with van der Waals surface area (Å²) >= 11 is 0. The summed E-state index contributed by atoms with van der Waals surface area (Å²) in [4.78, 5) is 73.3. The highest BCUT2D eigenvalue weighted by Gasteiger charge is 2.45. The van der Waals surface area contributed by atoms with Gasteiger partial charge in [0.05, 0.1) is 36.3 Å². The summed E-state index contributed by atoms with van der Waals surface area (Å²) < 4.78 is 13.3. The fourth-order valence-corrected chi connectivity index (χ4v) is 7.13. The number of hydrogen-bond donors (Lipinski definition) is 1. The van der Waals surface area contributed by atoms with E-state index < -0.39 is 29.7 Å². The Kier molecular flexibility index (Phi) is 8.25. The van der Waals surface area contributed by atoms with E-state index in [0.717, 1.165) is 40.1 Å². The number of carbonyl (C=O) groups excluding carboxylic acids is 4. The summed E-state index contributed by atoms with van der Waals surface area (Å²) in [5, 5.41) is 3.57. The van der Waals surface area contributed by atoms with Crippen LogP contribution in [0.5, 0.6) is 11.5 Å². The number of nitrogens with one attached hydrogen (secondary N) is 1. The average molecular weight is 665 g/mol. The second kappa shape index (κ2) is 12.6. The molecule has 3 aliphatic heterocycles. The molecular formula is C36H36N6O7. The van der Waals surface area contributed by atoms with Crippen LogP contribution in [0.1, 0.15) is 44.7 Å². The molecule has 4 aromatic rings. The number of pyridine rings is 2. The number of rotatable bonds is 9. The predicted molar refractivity (Wildman–Crippen MR) is 179 cm³/mol. The summed E-state index contributed by atoms with van der Waals surface area (Å²) in [5.74, 6) is -0.698. The molecule has 2 fully saturated rings. The second-order valence-electron chi connectivity index (χ2n) is 12.8. The molecule has 0 bridgehead atoms. The third-order valence-electron chi connectivity index (χ3n) is 9.82. The topological polar surface area (TPSA) is 143 Å². The summed E-state index contributed by atoms with van der Waals surface area (Å²) in [5.41, 5.74) is 3.81. The highest BCUT2D eigenvalue weighted by molar-refractivity contribution is 6.24. The van der Waals surface area contributed by atoms with Gasteiger partial charge in [0.2, 0.25) is 11.8 Å². The van der Waals surface area contributed by atoms with E-state index in [-0.39, 0.29) is 30.0 Å². The van der Waals surface area contributed by atoms with Crippen molar-refractivity contribution in [2.45, 2.75) is 38.0 Å². The normalized spacial score (nSPS) is 18.2. The van der Waals surface area contributed by atoms with Gasteiger partial charge in [0, 0.05) is 69.8 Å². The van der Waals surface area contributed by atoms with Gasteiger partial charge in [-0.15, -0.1) is 0 Å². The molecule has 0 aliphatic carbocycles. The van der Waals surface area contributed by atoms with E-state index in [1.54, 1.807) is 50.4 Å². The van der Waals surface area contributed by atoms with Gasteiger partial charge in [-0.25, -0.2) is 0 Å². The van der Waals surface area contributed by atoms with Crippen LogP contribution >= 0.6 is 0 Å². The average Bonchev–Trinajstić information content (AvgIpc) is 3.33. The van der Waals surface area contributed by atoms with E-state index >= 15 is 0 Å². The lowest BCUT2D eigenvalue weighted by Gasteiger charge is -2.44. The van der Waals surface area contributed by atoms with Crippen molar-refractivity contribution in [3.63, 3.8) is 0 Å². The zero-order valence-corrected chi connectivity index (χ0v) is 27.7. The zero-order valence-electron chi connectivity index (χ0n) is 27.7. The minimum absolute atomic E-state index is 0.0732. The Morgan fingerprint density at radius 2 is 1.69 bits per heavy atom. The lowest BCUT2D eigenvalue weighted by Crippen LogP contribution is -2.57. The molecular weight excluding hydrogens is 628 g/mol. The van der Waals surface area contributed by atoms with Crippen LogP contribution in [0.2, 0.25) is 0 Å². The Bertz CT molecular complexity index is 2080. The van der Waals surface area contributed by atoms with E-state index in [2.05, 4.69) is 20.1 Å². The quantitative estimate of drug-likeness (QED) is 0.265. The molecule has 5 heterocycles. The van der Waals surface area contributed by atoms with E-state index in [1.165, 1.54) is 0 Å². The van der Waals surface area contributed by atoms with Crippen molar-refractivity contribution in [1.29, 1.82) is 0 Å². The van der Waals surface area contributed by atoms with Gasteiger partial charge in [0.15, 0.2) is 0 Å². The highest BCUT2D eigenvalue weighted by Crippen LogP contribution is 2.39. The fourth-order valence-electron chi connectivity index (χ4n) is 7.13. The standard InChI is InChI=1S/C36H36N6O7/c1-39(15-20-6-5-7-24-32(20)36(47)42(35(24)46)28-8-9-31(43)38-33(28)44)22-16-41(17-22)19-27-29(48-3)12-21(13-30(27)49-4)26-18-40(2)34(45)25-14-37-11-10-23(25)26/h5-7,10-14,18,22,28H,8-9,15-17,19H2,1-4H3,(H,38,43,44). The molecule has 7 rings (SSSR count). The number of benzene rings is 2. The third-order valence-corrected chi connectivity index (χ3v) is 9.82. The van der Waals surface area contributed by atoms with Crippen LogP contribution in [0.3, 0.4) is 0 Å². The minimum Gasteiger partial charge on any atom is -0.496 e. The Balaban J connectivity index is 1.06. The number of nitrogens with zero attached hydrogens (tertiary/aromatic N) is 5. The number of amides is 4. The molecule has 2 saturated heterocycles. The lowest BCUT2D eigenvalue weighted by atomic mass is 9.97. The maximum Gasteiger partial charge on any atom is 0.262 e. The van der Waals surface area contributed by atoms with E-state index in [4.69, 9.17) is 9.47 Å². The summed E-state index contributed by atoms with van der Waals surface area (Å²) in [6.45, 7) is 2.54. The molecule has 1 unspecified atom stereocenters. The molecule has 2 aromatic heterocycles. The monoisotopic (exact) mass is 664 g/mol. The van der Waals surface area contributed by atoms with Gasteiger partial charge >= 0.3 is 0 Å². The van der Waals surface area contributed by atoms with Crippen LogP contribution in [0, 0.1) is 0 Å². The lowest BCUT2D eigenvalue weighted by molar-refractivity contribution is -0.136. The molecule has 4 amide bonds. The Morgan fingerprint density at radius 1 is 0.959 bits per heavy atom. The van der Waals surface area contributed by atoms with Crippen LogP contribution in [0.25, 0.3) is 21.9 Å². The van der Waals surface area contributed by atoms with E-state index in [0.29, 0.717) is 41.1 Å². The van der Waals surface area contributed by atoms with Crippen LogP contribution in [0.15, 0.2) is 59.8 Å². The van der Waals surface area contributed by atoms with Crippen molar-refractivity contribution in [1.82, 2.24) is 29.6 Å². The number of imide groups is 2. The van der Waals surface area contributed by atoms with Gasteiger partial charge in [-0.05, 0) is 54.2 Å². The smallest absolute Gasteiger partial charge is 0.262 e. The molecule has 1 N–H and O–H groups in total. The number of piperidine rings is 1. The summed E-state index contributed by atoms with van der Waals surface area (Å²) in [7, 11) is 6.97. The maximum absolute atomic E-state index is 13.5. The van der Waals surface area contributed by atoms with Gasteiger partial charge in [0.25, 0.3) is 17.4 Å². The van der Waals surface area contributed by atoms with Crippen LogP contribution in [-0.4, -0.2) is 94.3 Å². The SMILES string of the molecule is COc1cc(-c2cn(C)c(=O)c3cnccc23)cc(OC)c1CN1CC(N(C)Cc2cccc3c2C(=O)N(C2CCC(=O)NC2=O)C3=O)C1. The summed E-state index contributed by atoms with van der Waals surface area (Å²) in [6.07, 6.45) is 5.25. The van der Waals surface area contributed by atoms with Crippen molar-refractivity contribution in [2.24, 2.45) is 7.05 Å². The molecule has 0 spiro atoms. The number of hydrogen-bond acceptors (Lipinski definition) is 10. The van der Waals surface area contributed by atoms with Crippen molar-refractivity contribution in [2.75, 3.05) is 34.4 Å². The molecule has 252 valence electrons. The summed E-state index contributed by atoms with van der Waals surface area (Å²) in [6, 6.07) is 10.2. The van der Waals surface area contributed by atoms with Gasteiger partial charge < -0.3 is 14.0 Å². The first-order valence-corrected chi connectivity index (χ1v) is 16.0. The molecule has 1 atom stereocenters. The van der Waals surface area contributed by atoms with Gasteiger partial charge in [-0.3, -0.25) is 49.0 Å². The van der Waals surface area contributed by atoms with Crippen molar-refractivity contribution in [3.05, 3.63) is 87.6 Å². The molecule has 3 aliphatic rings. The molecule has 0 saturated carbocycles. The van der Waals surface area contributed by atoms with Gasteiger partial charge in [-0.2, -0.15) is 0 Å². The van der Waals surface area contributed by atoms with E-state index in [9.17, 15) is 24.0 Å². The predicted octanol–water partition coefficient (Wildman–Crippen LogP) is 2.34. The molecule has 13 nitrogen and oxygen atoms in total. The van der Waals surface area contributed by atoms with Crippen LogP contribution in [0.4, 0.5) is 0 Å². The molecule has 2 aromatic carbocycles. The number of aryl methyl sites for hydroxylation is 1.